The molecule has 0 unspecified atom stereocenters. The van der Waals surface area contributed by atoms with Crippen LogP contribution in [0.25, 0.3) is 10.9 Å². The summed E-state index contributed by atoms with van der Waals surface area (Å²) in [4.78, 5) is 15.8. The van der Waals surface area contributed by atoms with Crippen LogP contribution in [-0.2, 0) is 20.1 Å². The maximum Gasteiger partial charge on any atom is 0.261 e. The Morgan fingerprint density at radius 1 is 1.21 bits per heavy atom. The van der Waals surface area contributed by atoms with Crippen LogP contribution in [0.3, 0.4) is 0 Å². The molecule has 5 rings (SSSR count). The molecule has 2 N–H and O–H groups in total. The van der Waals surface area contributed by atoms with Gasteiger partial charge in [-0.1, -0.05) is 12.8 Å². The Hall–Kier alpha value is -3.16. The molecular formula is C24H27N5O4S. The van der Waals surface area contributed by atoms with Crippen molar-refractivity contribution in [1.82, 2.24) is 14.8 Å². The predicted molar refractivity (Wildman–Crippen MR) is 128 cm³/mol. The molecule has 1 aromatic carbocycles. The van der Waals surface area contributed by atoms with Gasteiger partial charge in [0.2, 0.25) is 0 Å². The van der Waals surface area contributed by atoms with E-state index in [0.29, 0.717) is 53.4 Å². The summed E-state index contributed by atoms with van der Waals surface area (Å²) < 4.78 is 33.2. The van der Waals surface area contributed by atoms with Crippen LogP contribution in [0.4, 0.5) is 11.5 Å². The lowest BCUT2D eigenvalue weighted by molar-refractivity contribution is -0.00174. The van der Waals surface area contributed by atoms with Crippen molar-refractivity contribution in [1.29, 1.82) is 5.26 Å². The average molecular weight is 482 g/mol. The Morgan fingerprint density at radius 2 is 1.97 bits per heavy atom. The Labute approximate surface area is 197 Å². The summed E-state index contributed by atoms with van der Waals surface area (Å²) in [5, 5.41) is 17.5. The first-order chi connectivity index (χ1) is 16.4. The third-order valence-electron chi connectivity index (χ3n) is 6.95. The summed E-state index contributed by atoms with van der Waals surface area (Å²) >= 11 is 0. The Bertz CT molecular complexity index is 1390. The molecule has 2 aliphatic rings. The van der Waals surface area contributed by atoms with Crippen molar-refractivity contribution >= 4 is 32.2 Å². The summed E-state index contributed by atoms with van der Waals surface area (Å²) in [6.45, 7) is 0.978. The first kappa shape index (κ1) is 22.6. The molecule has 1 saturated carbocycles. The largest absolute Gasteiger partial charge is 0.379 e. The molecule has 2 aromatic heterocycles. The van der Waals surface area contributed by atoms with E-state index in [1.54, 1.807) is 41.2 Å². The van der Waals surface area contributed by atoms with Crippen molar-refractivity contribution < 1.29 is 13.2 Å². The van der Waals surface area contributed by atoms with E-state index in [1.807, 2.05) is 0 Å². The van der Waals surface area contributed by atoms with E-state index in [4.69, 9.17) is 9.84 Å². The number of hydrogen-bond acceptors (Lipinski definition) is 7. The number of H-pyrrole nitrogens is 1. The molecule has 1 aliphatic carbocycles. The molecule has 0 bridgehead atoms. The molecule has 0 amide bonds. The van der Waals surface area contributed by atoms with Crippen molar-refractivity contribution in [3.05, 3.63) is 46.9 Å². The first-order valence-corrected chi connectivity index (χ1v) is 13.2. The number of hydrogen-bond donors (Lipinski definition) is 2. The predicted octanol–water partition coefficient (Wildman–Crippen LogP) is 3.60. The Balaban J connectivity index is 1.51. The maximum absolute atomic E-state index is 12.9. The molecule has 1 atom stereocenters. The van der Waals surface area contributed by atoms with Gasteiger partial charge in [0.1, 0.15) is 5.39 Å². The van der Waals surface area contributed by atoms with E-state index in [2.05, 4.69) is 16.4 Å². The number of nitrogens with one attached hydrogen (secondary N) is 2. The van der Waals surface area contributed by atoms with Gasteiger partial charge in [0.25, 0.3) is 5.56 Å². The molecule has 3 aromatic rings. The highest BCUT2D eigenvalue weighted by molar-refractivity contribution is 7.92. The third-order valence-corrected chi connectivity index (χ3v) is 9.23. The van der Waals surface area contributed by atoms with Crippen LogP contribution in [0.1, 0.15) is 44.9 Å². The van der Waals surface area contributed by atoms with Gasteiger partial charge in [0.05, 0.1) is 40.3 Å². The third kappa shape index (κ3) is 3.89. The van der Waals surface area contributed by atoms with Crippen molar-refractivity contribution in [3.63, 3.8) is 0 Å². The van der Waals surface area contributed by atoms with Gasteiger partial charge in [-0.15, -0.1) is 0 Å². The highest BCUT2D eigenvalue weighted by Gasteiger charge is 2.38. The van der Waals surface area contributed by atoms with Gasteiger partial charge in [-0.3, -0.25) is 9.48 Å². The summed E-state index contributed by atoms with van der Waals surface area (Å²) in [6.07, 6.45) is 6.62. The zero-order valence-corrected chi connectivity index (χ0v) is 19.6. The van der Waals surface area contributed by atoms with E-state index in [1.165, 1.54) is 0 Å². The van der Waals surface area contributed by atoms with E-state index in [0.717, 1.165) is 25.7 Å². The van der Waals surface area contributed by atoms with Crippen LogP contribution in [0.5, 0.6) is 0 Å². The zero-order valence-electron chi connectivity index (χ0n) is 18.8. The summed E-state index contributed by atoms with van der Waals surface area (Å²) in [5.74, 6) is 0.353. The Morgan fingerprint density at radius 3 is 2.65 bits per heavy atom. The number of nitriles is 1. The molecule has 3 heterocycles. The number of ether oxygens (including phenoxy) is 1. The second-order valence-electron chi connectivity index (χ2n) is 9.14. The number of nitrogens with zero attached hydrogens (tertiary/aromatic N) is 3. The lowest BCUT2D eigenvalue weighted by Crippen LogP contribution is -2.42. The van der Waals surface area contributed by atoms with Gasteiger partial charge in [-0.25, -0.2) is 8.42 Å². The molecule has 9 nitrogen and oxygen atoms in total. The maximum atomic E-state index is 12.9. The fourth-order valence-electron chi connectivity index (χ4n) is 5.15. The van der Waals surface area contributed by atoms with Gasteiger partial charge in [-0.2, -0.15) is 10.4 Å². The van der Waals surface area contributed by atoms with E-state index < -0.39 is 15.4 Å². The van der Waals surface area contributed by atoms with Crippen LogP contribution < -0.4 is 10.9 Å². The van der Waals surface area contributed by atoms with E-state index in [-0.39, 0.29) is 17.2 Å². The normalized spacial score (nSPS) is 21.5. The fourth-order valence-corrected chi connectivity index (χ4v) is 7.00. The van der Waals surface area contributed by atoms with Crippen LogP contribution in [0, 0.1) is 11.3 Å². The van der Waals surface area contributed by atoms with Gasteiger partial charge in [-0.05, 0) is 56.0 Å². The molecule has 0 spiro atoms. The summed E-state index contributed by atoms with van der Waals surface area (Å²) in [7, 11) is -3.34. The zero-order chi connectivity index (χ0) is 23.8. The standard InChI is InChI=1S/C24H27N5O4S/c25-13-12-24(11-3-15-33-16-24)29-20-10-14-26-23(30)21(20)22(28-29)27-17-6-8-19(9-7-17)34(31,32)18-4-1-2-5-18/h6-10,14,18H,1-5,11-12,15-16H2,(H,26,30)(H,27,28)/t24-/m0/s1. The monoisotopic (exact) mass is 481 g/mol. The van der Waals surface area contributed by atoms with Crippen LogP contribution >= 0.6 is 0 Å². The van der Waals surface area contributed by atoms with E-state index in [9.17, 15) is 18.5 Å². The van der Waals surface area contributed by atoms with Gasteiger partial charge in [0, 0.05) is 18.5 Å². The molecule has 2 fully saturated rings. The first-order valence-electron chi connectivity index (χ1n) is 11.6. The molecule has 34 heavy (non-hydrogen) atoms. The van der Waals surface area contributed by atoms with Crippen molar-refractivity contribution in [2.45, 2.75) is 60.6 Å². The number of pyridine rings is 1. The molecule has 0 radical (unpaired) electrons. The van der Waals surface area contributed by atoms with Gasteiger partial charge < -0.3 is 15.0 Å². The van der Waals surface area contributed by atoms with Crippen molar-refractivity contribution in [2.24, 2.45) is 0 Å². The number of rotatable bonds is 6. The summed E-state index contributed by atoms with van der Waals surface area (Å²) in [6, 6.07) is 10.6. The van der Waals surface area contributed by atoms with Crippen LogP contribution in [0.15, 0.2) is 46.2 Å². The quantitative estimate of drug-likeness (QED) is 0.550. The lowest BCUT2D eigenvalue weighted by atomic mass is 9.89. The molecular weight excluding hydrogens is 454 g/mol. The van der Waals surface area contributed by atoms with Crippen LogP contribution in [-0.4, -0.2) is 41.6 Å². The molecule has 1 saturated heterocycles. The van der Waals surface area contributed by atoms with E-state index >= 15 is 0 Å². The lowest BCUT2D eigenvalue weighted by Gasteiger charge is -2.35. The minimum Gasteiger partial charge on any atom is -0.379 e. The summed E-state index contributed by atoms with van der Waals surface area (Å²) in [5.41, 5.74) is 0.287. The molecule has 178 valence electrons. The SMILES string of the molecule is N#CC[C@@]1(n2nc(Nc3ccc(S(=O)(=O)C4CCCC4)cc3)c3c(=O)[nH]ccc32)CCCOC1. The number of anilines is 2. The van der Waals surface area contributed by atoms with Crippen molar-refractivity contribution in [3.8, 4) is 6.07 Å². The molecule has 1 aliphatic heterocycles. The number of aromatic nitrogens is 3. The second-order valence-corrected chi connectivity index (χ2v) is 11.4. The molecule has 10 heteroatoms. The second kappa shape index (κ2) is 8.89. The van der Waals surface area contributed by atoms with Crippen LogP contribution in [0.2, 0.25) is 0 Å². The number of sulfone groups is 1. The number of aromatic amines is 1. The smallest absolute Gasteiger partial charge is 0.261 e. The number of benzene rings is 1. The number of fused-ring (bicyclic) bond motifs is 1. The topological polar surface area (TPSA) is 130 Å². The minimum absolute atomic E-state index is 0.212. The fraction of sp³-hybridized carbons (Fsp3) is 0.458. The average Bonchev–Trinajstić information content (AvgIpc) is 3.51. The van der Waals surface area contributed by atoms with Crippen molar-refractivity contribution in [2.75, 3.05) is 18.5 Å². The minimum atomic E-state index is -3.34. The highest BCUT2D eigenvalue weighted by atomic mass is 32.2. The van der Waals surface area contributed by atoms with Gasteiger partial charge >= 0.3 is 0 Å². The Kier molecular flexibility index (Phi) is 5.91. The van der Waals surface area contributed by atoms with Gasteiger partial charge in [0.15, 0.2) is 15.7 Å². The highest BCUT2D eigenvalue weighted by Crippen LogP contribution is 2.36.